The maximum atomic E-state index is 14.0. The molecule has 2 aliphatic heterocycles. The Kier molecular flexibility index (Phi) is 6.26. The number of nitrogens with one attached hydrogen (secondary N) is 1. The van der Waals surface area contributed by atoms with Gasteiger partial charge in [-0.15, -0.1) is 0 Å². The van der Waals surface area contributed by atoms with Gasteiger partial charge in [-0.25, -0.2) is 9.18 Å². The molecule has 2 aromatic carbocycles. The predicted octanol–water partition coefficient (Wildman–Crippen LogP) is 3.33. The molecule has 2 aliphatic rings. The van der Waals surface area contributed by atoms with Crippen molar-refractivity contribution in [1.82, 2.24) is 10.2 Å². The molecule has 2 heterocycles. The first-order valence-corrected chi connectivity index (χ1v) is 10.6. The summed E-state index contributed by atoms with van der Waals surface area (Å²) in [7, 11) is 1.67. The Balaban J connectivity index is 1.23. The van der Waals surface area contributed by atoms with E-state index in [4.69, 9.17) is 4.74 Å². The first-order valence-electron chi connectivity index (χ1n) is 10.6. The fraction of sp³-hybridized carbons (Fsp3) is 0.435. The number of rotatable bonds is 4. The number of carbonyl (C=O) groups excluding carboxylic acids is 1. The molecule has 0 saturated carbocycles. The van der Waals surface area contributed by atoms with Crippen LogP contribution in [0.15, 0.2) is 48.5 Å². The largest absolute Gasteiger partial charge is 0.497 e. The van der Waals surface area contributed by atoms with Gasteiger partial charge in [0.05, 0.1) is 12.8 Å². The minimum Gasteiger partial charge on any atom is -0.497 e. The molecule has 2 amide bonds. The second kappa shape index (κ2) is 9.24. The number of ether oxygens (including phenoxy) is 1. The van der Waals surface area contributed by atoms with Crippen LogP contribution in [0.4, 0.5) is 20.6 Å². The van der Waals surface area contributed by atoms with E-state index in [0.29, 0.717) is 31.9 Å². The zero-order valence-corrected chi connectivity index (χ0v) is 17.4. The van der Waals surface area contributed by atoms with Gasteiger partial charge >= 0.3 is 6.03 Å². The summed E-state index contributed by atoms with van der Waals surface area (Å²) in [4.78, 5) is 18.9. The van der Waals surface area contributed by atoms with Gasteiger partial charge in [-0.1, -0.05) is 12.1 Å². The van der Waals surface area contributed by atoms with Crippen molar-refractivity contribution in [3.05, 3.63) is 54.3 Å². The molecule has 0 unspecified atom stereocenters. The lowest BCUT2D eigenvalue weighted by Crippen LogP contribution is -2.55. The monoisotopic (exact) mass is 412 g/mol. The minimum absolute atomic E-state index is 0.00826. The van der Waals surface area contributed by atoms with Gasteiger partial charge in [0.1, 0.15) is 11.6 Å². The van der Waals surface area contributed by atoms with Crippen molar-refractivity contribution < 1.29 is 13.9 Å². The van der Waals surface area contributed by atoms with Crippen LogP contribution >= 0.6 is 0 Å². The van der Waals surface area contributed by atoms with E-state index in [1.54, 1.807) is 19.2 Å². The molecule has 2 aromatic rings. The molecule has 0 aliphatic carbocycles. The van der Waals surface area contributed by atoms with Crippen molar-refractivity contribution in [2.45, 2.75) is 18.9 Å². The first-order chi connectivity index (χ1) is 14.6. The Morgan fingerprint density at radius 1 is 0.933 bits per heavy atom. The molecular weight excluding hydrogens is 383 g/mol. The highest BCUT2D eigenvalue weighted by molar-refractivity contribution is 5.75. The van der Waals surface area contributed by atoms with Crippen LogP contribution in [0, 0.1) is 5.82 Å². The van der Waals surface area contributed by atoms with Crippen molar-refractivity contribution >= 4 is 17.4 Å². The molecule has 0 atom stereocenters. The number of halogens is 1. The molecule has 30 heavy (non-hydrogen) atoms. The van der Waals surface area contributed by atoms with Gasteiger partial charge in [0.15, 0.2) is 0 Å². The van der Waals surface area contributed by atoms with E-state index in [1.165, 1.54) is 11.8 Å². The van der Waals surface area contributed by atoms with E-state index in [2.05, 4.69) is 22.3 Å². The number of piperidine rings is 1. The molecule has 0 aromatic heterocycles. The molecular formula is C23H29FN4O2. The number of benzene rings is 2. The third-order valence-corrected chi connectivity index (χ3v) is 6.02. The van der Waals surface area contributed by atoms with Crippen LogP contribution in [0.3, 0.4) is 0 Å². The number of methoxy groups -OCH3 is 1. The van der Waals surface area contributed by atoms with E-state index < -0.39 is 0 Å². The Labute approximate surface area is 177 Å². The standard InChI is InChI=1S/C23H29FN4O2/c1-30-20-8-6-19(7-9-20)26-12-10-18(11-13-26)25-23(29)28-16-14-27(15-17-28)22-5-3-2-4-21(22)24/h2-9,18H,10-17H2,1H3,(H,25,29). The fourth-order valence-electron chi connectivity index (χ4n) is 4.20. The number of para-hydroxylation sites is 1. The van der Waals surface area contributed by atoms with Crippen LogP contribution in [0.5, 0.6) is 5.75 Å². The van der Waals surface area contributed by atoms with E-state index in [9.17, 15) is 9.18 Å². The number of piperazine rings is 1. The molecule has 4 rings (SSSR count). The first kappa shape index (κ1) is 20.3. The van der Waals surface area contributed by atoms with E-state index >= 15 is 0 Å². The Morgan fingerprint density at radius 3 is 2.23 bits per heavy atom. The molecule has 7 heteroatoms. The van der Waals surface area contributed by atoms with Gasteiger partial charge in [-0.3, -0.25) is 0 Å². The van der Waals surface area contributed by atoms with Crippen LogP contribution in [0.2, 0.25) is 0 Å². The fourth-order valence-corrected chi connectivity index (χ4v) is 4.20. The van der Waals surface area contributed by atoms with Crippen molar-refractivity contribution in [1.29, 1.82) is 0 Å². The molecule has 160 valence electrons. The lowest BCUT2D eigenvalue weighted by Gasteiger charge is -2.38. The minimum atomic E-state index is -0.209. The van der Waals surface area contributed by atoms with Crippen LogP contribution in [0.1, 0.15) is 12.8 Å². The van der Waals surface area contributed by atoms with E-state index in [-0.39, 0.29) is 17.9 Å². The quantitative estimate of drug-likeness (QED) is 0.837. The number of hydrogen-bond acceptors (Lipinski definition) is 4. The van der Waals surface area contributed by atoms with Crippen LogP contribution in [0.25, 0.3) is 0 Å². The summed E-state index contributed by atoms with van der Waals surface area (Å²) in [6.45, 7) is 4.32. The Bertz CT molecular complexity index is 845. The maximum Gasteiger partial charge on any atom is 0.317 e. The second-order valence-corrected chi connectivity index (χ2v) is 7.83. The summed E-state index contributed by atoms with van der Waals surface area (Å²) in [6, 6.07) is 15.1. The summed E-state index contributed by atoms with van der Waals surface area (Å²) >= 11 is 0. The van der Waals surface area contributed by atoms with Crippen molar-refractivity contribution in [3.8, 4) is 5.75 Å². The zero-order chi connectivity index (χ0) is 20.9. The van der Waals surface area contributed by atoms with Crippen LogP contribution in [-0.2, 0) is 0 Å². The molecule has 0 radical (unpaired) electrons. The Morgan fingerprint density at radius 2 is 1.60 bits per heavy atom. The lowest BCUT2D eigenvalue weighted by atomic mass is 10.0. The predicted molar refractivity (Wildman–Crippen MR) is 117 cm³/mol. The van der Waals surface area contributed by atoms with Gasteiger partial charge in [-0.05, 0) is 49.2 Å². The molecule has 0 spiro atoms. The number of anilines is 2. The smallest absolute Gasteiger partial charge is 0.317 e. The average molecular weight is 413 g/mol. The number of amides is 2. The van der Waals surface area contributed by atoms with Crippen molar-refractivity contribution in [3.63, 3.8) is 0 Å². The van der Waals surface area contributed by atoms with Crippen LogP contribution in [-0.4, -0.2) is 63.4 Å². The lowest BCUT2D eigenvalue weighted by molar-refractivity contribution is 0.188. The van der Waals surface area contributed by atoms with E-state index in [0.717, 1.165) is 31.7 Å². The number of carbonyl (C=O) groups is 1. The highest BCUT2D eigenvalue weighted by Gasteiger charge is 2.26. The summed E-state index contributed by atoms with van der Waals surface area (Å²) in [5.41, 5.74) is 1.80. The SMILES string of the molecule is COc1ccc(N2CCC(NC(=O)N3CCN(c4ccccc4F)CC3)CC2)cc1. The van der Waals surface area contributed by atoms with E-state index in [1.807, 2.05) is 28.0 Å². The summed E-state index contributed by atoms with van der Waals surface area (Å²) in [6.07, 6.45) is 1.85. The molecule has 2 fully saturated rings. The molecule has 6 nitrogen and oxygen atoms in total. The van der Waals surface area contributed by atoms with Gasteiger partial charge in [0, 0.05) is 51.0 Å². The summed E-state index contributed by atoms with van der Waals surface area (Å²) < 4.78 is 19.2. The average Bonchev–Trinajstić information content (AvgIpc) is 2.80. The molecule has 1 N–H and O–H groups in total. The van der Waals surface area contributed by atoms with Gasteiger partial charge in [0.2, 0.25) is 0 Å². The summed E-state index contributed by atoms with van der Waals surface area (Å²) in [5.74, 6) is 0.648. The highest BCUT2D eigenvalue weighted by atomic mass is 19.1. The topological polar surface area (TPSA) is 48.1 Å². The normalized spacial score (nSPS) is 17.7. The third-order valence-electron chi connectivity index (χ3n) is 6.02. The van der Waals surface area contributed by atoms with Gasteiger partial charge in [-0.2, -0.15) is 0 Å². The van der Waals surface area contributed by atoms with Crippen molar-refractivity contribution in [2.75, 3.05) is 56.2 Å². The zero-order valence-electron chi connectivity index (χ0n) is 17.4. The van der Waals surface area contributed by atoms with Crippen LogP contribution < -0.4 is 19.9 Å². The molecule has 2 saturated heterocycles. The third kappa shape index (κ3) is 4.61. The Hall–Kier alpha value is -2.96. The number of urea groups is 1. The van der Waals surface area contributed by atoms with Crippen molar-refractivity contribution in [2.24, 2.45) is 0 Å². The highest BCUT2D eigenvalue weighted by Crippen LogP contribution is 2.23. The number of nitrogens with zero attached hydrogens (tertiary/aromatic N) is 3. The summed E-state index contributed by atoms with van der Waals surface area (Å²) in [5, 5.41) is 3.19. The van der Waals surface area contributed by atoms with Gasteiger partial charge in [0.25, 0.3) is 0 Å². The number of hydrogen-bond donors (Lipinski definition) is 1. The molecule has 0 bridgehead atoms. The second-order valence-electron chi connectivity index (χ2n) is 7.83. The maximum absolute atomic E-state index is 14.0. The van der Waals surface area contributed by atoms with Gasteiger partial charge < -0.3 is 24.8 Å².